The van der Waals surface area contributed by atoms with E-state index in [0.29, 0.717) is 0 Å². The molecule has 0 N–H and O–H groups in total. The third kappa shape index (κ3) is 1.58. The van der Waals surface area contributed by atoms with Gasteiger partial charge < -0.3 is 0 Å². The predicted octanol–water partition coefficient (Wildman–Crippen LogP) is 1.55. The monoisotopic (exact) mass is 180 g/mol. The summed E-state index contributed by atoms with van der Waals surface area (Å²) in [6, 6.07) is 5.86. The van der Waals surface area contributed by atoms with Gasteiger partial charge in [-0.25, -0.2) is 0 Å². The summed E-state index contributed by atoms with van der Waals surface area (Å²) in [6.07, 6.45) is 0. The summed E-state index contributed by atoms with van der Waals surface area (Å²) < 4.78 is 1.03. The van der Waals surface area contributed by atoms with Crippen molar-refractivity contribution in [3.63, 3.8) is 0 Å². The minimum absolute atomic E-state index is 0.837. The van der Waals surface area contributed by atoms with E-state index >= 15 is 0 Å². The van der Waals surface area contributed by atoms with Gasteiger partial charge in [-0.05, 0) is 13.0 Å². The average Bonchev–Trinajstić information content (AvgIpc) is 1.80. The van der Waals surface area contributed by atoms with Gasteiger partial charge >= 0.3 is 0 Å². The summed E-state index contributed by atoms with van der Waals surface area (Å²) >= 11 is 3.32. The fraction of sp³-hybridized carbons (Fsp3) is 0.143. The molecular weight excluding hydrogens is 175 g/mol. The molecule has 0 nitrogen and oxygen atoms in total. The Kier molecular flexibility index (Phi) is 1.96. The maximum absolute atomic E-state index is 5.59. The third-order valence-electron chi connectivity index (χ3n) is 1.24. The van der Waals surface area contributed by atoms with E-state index in [1.165, 1.54) is 0 Å². The van der Waals surface area contributed by atoms with Gasteiger partial charge in [0.25, 0.3) is 0 Å². The van der Waals surface area contributed by atoms with E-state index in [1.54, 1.807) is 0 Å². The molecule has 0 atom stereocenters. The molecule has 0 aliphatic rings. The van der Waals surface area contributed by atoms with Crippen LogP contribution in [0.2, 0.25) is 0 Å². The lowest BCUT2D eigenvalue weighted by molar-refractivity contribution is 1.50. The first-order chi connectivity index (χ1) is 4.20. The van der Waals surface area contributed by atoms with Gasteiger partial charge in [-0.3, -0.25) is 0 Å². The molecule has 0 heterocycles. The highest BCUT2D eigenvalue weighted by molar-refractivity contribution is 9.10. The molecule has 0 aliphatic carbocycles. The molecular formula is C7H6BBr. The quantitative estimate of drug-likeness (QED) is 0.532. The van der Waals surface area contributed by atoms with Crippen molar-refractivity contribution in [3.8, 4) is 0 Å². The summed E-state index contributed by atoms with van der Waals surface area (Å²) in [7, 11) is 5.59. The Labute approximate surface area is 64.8 Å². The molecule has 44 valence electrons. The van der Waals surface area contributed by atoms with Crippen molar-refractivity contribution in [1.29, 1.82) is 0 Å². The maximum atomic E-state index is 5.59. The van der Waals surface area contributed by atoms with Crippen LogP contribution in [0.15, 0.2) is 22.7 Å². The molecule has 0 aliphatic heterocycles. The zero-order valence-electron chi connectivity index (χ0n) is 5.19. The van der Waals surface area contributed by atoms with E-state index in [-0.39, 0.29) is 0 Å². The van der Waals surface area contributed by atoms with Gasteiger partial charge in [0.2, 0.25) is 0 Å². The second-order valence-electron chi connectivity index (χ2n) is 2.00. The van der Waals surface area contributed by atoms with Crippen LogP contribution in [0.1, 0.15) is 5.56 Å². The summed E-state index contributed by atoms with van der Waals surface area (Å²) in [4.78, 5) is 0. The lowest BCUT2D eigenvalue weighted by atomic mass is 9.92. The number of hydrogen-bond donors (Lipinski definition) is 0. The lowest BCUT2D eigenvalue weighted by Gasteiger charge is -1.97. The number of aryl methyl sites for hydroxylation is 1. The molecule has 9 heavy (non-hydrogen) atoms. The standard InChI is InChI=1S/C7H6BBr/c1-5-2-3-6(9)4-7(5)8/h2-4H,1H3. The van der Waals surface area contributed by atoms with Crippen molar-refractivity contribution in [1.82, 2.24) is 0 Å². The van der Waals surface area contributed by atoms with Gasteiger partial charge in [0.1, 0.15) is 7.85 Å². The zero-order valence-corrected chi connectivity index (χ0v) is 6.77. The number of halogens is 1. The van der Waals surface area contributed by atoms with E-state index in [2.05, 4.69) is 15.9 Å². The topological polar surface area (TPSA) is 0 Å². The Bertz CT molecular complexity index is 220. The first-order valence-corrected chi connectivity index (χ1v) is 3.51. The van der Waals surface area contributed by atoms with Crippen LogP contribution in [0, 0.1) is 6.92 Å². The highest BCUT2D eigenvalue weighted by atomic mass is 79.9. The fourth-order valence-electron chi connectivity index (χ4n) is 0.611. The SMILES string of the molecule is [B]c1cc(Br)ccc1C. The molecule has 0 saturated heterocycles. The minimum atomic E-state index is 0.837. The largest absolute Gasteiger partial charge is 0.114 e. The van der Waals surface area contributed by atoms with Gasteiger partial charge in [0, 0.05) is 4.47 Å². The van der Waals surface area contributed by atoms with E-state index in [9.17, 15) is 0 Å². The number of hydrogen-bond acceptors (Lipinski definition) is 0. The minimum Gasteiger partial charge on any atom is -0.0927 e. The van der Waals surface area contributed by atoms with Gasteiger partial charge in [-0.1, -0.05) is 39.1 Å². The van der Waals surface area contributed by atoms with Crippen LogP contribution in [0.5, 0.6) is 0 Å². The molecule has 1 aromatic carbocycles. The van der Waals surface area contributed by atoms with Gasteiger partial charge in [0.15, 0.2) is 0 Å². The summed E-state index contributed by atoms with van der Waals surface area (Å²) in [6.45, 7) is 1.99. The molecule has 2 heteroatoms. The van der Waals surface area contributed by atoms with E-state index in [4.69, 9.17) is 7.85 Å². The summed E-state index contributed by atoms with van der Waals surface area (Å²) in [5, 5.41) is 0. The molecule has 1 rings (SSSR count). The fourth-order valence-corrected chi connectivity index (χ4v) is 0.990. The molecule has 0 fully saturated rings. The van der Waals surface area contributed by atoms with Crippen molar-refractivity contribution < 1.29 is 0 Å². The highest BCUT2D eigenvalue weighted by Gasteiger charge is 1.89. The Morgan fingerprint density at radius 3 is 2.56 bits per heavy atom. The van der Waals surface area contributed by atoms with E-state index in [0.717, 1.165) is 15.5 Å². The van der Waals surface area contributed by atoms with Gasteiger partial charge in [0.05, 0.1) is 0 Å². The van der Waals surface area contributed by atoms with Crippen LogP contribution in [0.3, 0.4) is 0 Å². The van der Waals surface area contributed by atoms with Crippen molar-refractivity contribution in [3.05, 3.63) is 28.2 Å². The van der Waals surface area contributed by atoms with Crippen molar-refractivity contribution in [2.45, 2.75) is 6.92 Å². The second kappa shape index (κ2) is 2.57. The Balaban J connectivity index is 3.17. The van der Waals surface area contributed by atoms with Crippen molar-refractivity contribution in [2.24, 2.45) is 0 Å². The first-order valence-electron chi connectivity index (χ1n) is 2.72. The zero-order chi connectivity index (χ0) is 6.85. The van der Waals surface area contributed by atoms with Gasteiger partial charge in [-0.15, -0.1) is 0 Å². The van der Waals surface area contributed by atoms with Crippen LogP contribution in [-0.2, 0) is 0 Å². The lowest BCUT2D eigenvalue weighted by Crippen LogP contribution is -2.05. The van der Waals surface area contributed by atoms with Crippen LogP contribution in [0.4, 0.5) is 0 Å². The Morgan fingerprint density at radius 2 is 2.11 bits per heavy atom. The van der Waals surface area contributed by atoms with E-state index in [1.807, 2.05) is 25.1 Å². The maximum Gasteiger partial charge on any atom is 0.114 e. The highest BCUT2D eigenvalue weighted by Crippen LogP contribution is 2.06. The van der Waals surface area contributed by atoms with Gasteiger partial charge in [-0.2, -0.15) is 0 Å². The first kappa shape index (κ1) is 6.88. The van der Waals surface area contributed by atoms with Crippen LogP contribution in [0.25, 0.3) is 0 Å². The molecule has 0 unspecified atom stereocenters. The average molecular weight is 181 g/mol. The number of rotatable bonds is 0. The Hall–Kier alpha value is -0.235. The molecule has 2 radical (unpaired) electrons. The van der Waals surface area contributed by atoms with Crippen LogP contribution in [-0.4, -0.2) is 7.85 Å². The van der Waals surface area contributed by atoms with Crippen molar-refractivity contribution in [2.75, 3.05) is 0 Å². The summed E-state index contributed by atoms with van der Waals surface area (Å²) in [5.74, 6) is 0. The molecule has 0 aromatic heterocycles. The molecule has 0 saturated carbocycles. The second-order valence-corrected chi connectivity index (χ2v) is 2.92. The third-order valence-corrected chi connectivity index (χ3v) is 1.73. The van der Waals surface area contributed by atoms with Crippen LogP contribution >= 0.6 is 15.9 Å². The number of benzene rings is 1. The summed E-state index contributed by atoms with van der Waals surface area (Å²) in [5.41, 5.74) is 1.96. The normalized spacial score (nSPS) is 9.56. The smallest absolute Gasteiger partial charge is 0.0927 e. The predicted molar refractivity (Wildman–Crippen MR) is 44.3 cm³/mol. The Morgan fingerprint density at radius 1 is 1.44 bits per heavy atom. The van der Waals surface area contributed by atoms with E-state index < -0.39 is 0 Å². The van der Waals surface area contributed by atoms with Crippen LogP contribution < -0.4 is 5.46 Å². The molecule has 0 amide bonds. The molecule has 0 spiro atoms. The molecule has 0 bridgehead atoms. The molecule has 1 aromatic rings. The van der Waals surface area contributed by atoms with Crippen molar-refractivity contribution >= 4 is 29.2 Å².